The lowest BCUT2D eigenvalue weighted by Crippen LogP contribution is -2.28. The van der Waals surface area contributed by atoms with Gasteiger partial charge in [-0.05, 0) is 43.9 Å². The first-order valence-electron chi connectivity index (χ1n) is 6.46. The van der Waals surface area contributed by atoms with Crippen molar-refractivity contribution in [2.24, 2.45) is 0 Å². The Bertz CT molecular complexity index is 412. The monoisotopic (exact) mass is 248 g/mol. The number of hydrogen-bond acceptors (Lipinski definition) is 3. The predicted molar refractivity (Wildman–Crippen MR) is 72.6 cm³/mol. The Balaban J connectivity index is 1.94. The van der Waals surface area contributed by atoms with Gasteiger partial charge in [-0.15, -0.1) is 0 Å². The van der Waals surface area contributed by atoms with Gasteiger partial charge in [0.2, 0.25) is 5.91 Å². The molecule has 1 amide bonds. The van der Waals surface area contributed by atoms with Gasteiger partial charge in [-0.25, -0.2) is 0 Å². The Morgan fingerprint density at radius 1 is 1.22 bits per heavy atom. The Labute approximate surface area is 107 Å². The van der Waals surface area contributed by atoms with Gasteiger partial charge in [0.05, 0.1) is 6.10 Å². The molecule has 0 aliphatic heterocycles. The molecule has 1 saturated carbocycles. The summed E-state index contributed by atoms with van der Waals surface area (Å²) in [7, 11) is 0. The highest BCUT2D eigenvalue weighted by Gasteiger charge is 2.18. The van der Waals surface area contributed by atoms with Crippen LogP contribution in [0.4, 0.5) is 11.4 Å². The first-order valence-corrected chi connectivity index (χ1v) is 6.46. The predicted octanol–water partition coefficient (Wildman–Crippen LogP) is 2.36. The van der Waals surface area contributed by atoms with Crippen molar-refractivity contribution in [1.82, 2.24) is 0 Å². The van der Waals surface area contributed by atoms with Gasteiger partial charge in [0, 0.05) is 24.3 Å². The van der Waals surface area contributed by atoms with E-state index in [2.05, 4.69) is 10.6 Å². The SMILES string of the molecule is CC(=O)Nc1cccc(NC2CCC(O)CC2)c1. The number of aliphatic hydroxyl groups excluding tert-OH is 1. The summed E-state index contributed by atoms with van der Waals surface area (Å²) in [6.07, 6.45) is 3.58. The van der Waals surface area contributed by atoms with Crippen molar-refractivity contribution in [2.75, 3.05) is 10.6 Å². The highest BCUT2D eigenvalue weighted by Crippen LogP contribution is 2.23. The zero-order valence-corrected chi connectivity index (χ0v) is 10.6. The molecule has 1 fully saturated rings. The second-order valence-electron chi connectivity index (χ2n) is 4.91. The number of aliphatic hydroxyl groups is 1. The van der Waals surface area contributed by atoms with Crippen molar-refractivity contribution in [3.05, 3.63) is 24.3 Å². The number of benzene rings is 1. The Morgan fingerprint density at radius 3 is 2.56 bits per heavy atom. The van der Waals surface area contributed by atoms with Gasteiger partial charge >= 0.3 is 0 Å². The summed E-state index contributed by atoms with van der Waals surface area (Å²) in [5.41, 5.74) is 1.82. The maximum atomic E-state index is 11.0. The van der Waals surface area contributed by atoms with Crippen LogP contribution in [0.1, 0.15) is 32.6 Å². The zero-order chi connectivity index (χ0) is 13.0. The molecule has 4 nitrogen and oxygen atoms in total. The molecule has 98 valence electrons. The molecule has 0 spiro atoms. The Hall–Kier alpha value is -1.55. The lowest BCUT2D eigenvalue weighted by atomic mass is 9.93. The van der Waals surface area contributed by atoms with E-state index in [-0.39, 0.29) is 12.0 Å². The van der Waals surface area contributed by atoms with Gasteiger partial charge < -0.3 is 15.7 Å². The second-order valence-corrected chi connectivity index (χ2v) is 4.91. The van der Waals surface area contributed by atoms with Crippen LogP contribution in [0.25, 0.3) is 0 Å². The highest BCUT2D eigenvalue weighted by atomic mass is 16.3. The highest BCUT2D eigenvalue weighted by molar-refractivity contribution is 5.89. The number of hydrogen-bond donors (Lipinski definition) is 3. The third-order valence-corrected chi connectivity index (χ3v) is 3.25. The molecule has 1 aromatic carbocycles. The van der Waals surface area contributed by atoms with E-state index >= 15 is 0 Å². The lowest BCUT2D eigenvalue weighted by Gasteiger charge is -2.27. The number of carbonyl (C=O) groups excluding carboxylic acids is 1. The fourth-order valence-corrected chi connectivity index (χ4v) is 2.35. The number of nitrogens with one attached hydrogen (secondary N) is 2. The minimum Gasteiger partial charge on any atom is -0.393 e. The molecule has 3 N–H and O–H groups in total. The van der Waals surface area contributed by atoms with Crippen LogP contribution in [0.15, 0.2) is 24.3 Å². The number of amides is 1. The summed E-state index contributed by atoms with van der Waals surface area (Å²) >= 11 is 0. The van der Waals surface area contributed by atoms with E-state index in [1.54, 1.807) is 0 Å². The molecular weight excluding hydrogens is 228 g/mol. The maximum Gasteiger partial charge on any atom is 0.221 e. The molecule has 0 aromatic heterocycles. The van der Waals surface area contributed by atoms with Crippen LogP contribution in [0, 0.1) is 0 Å². The largest absolute Gasteiger partial charge is 0.393 e. The van der Waals surface area contributed by atoms with Crippen molar-refractivity contribution in [1.29, 1.82) is 0 Å². The molecule has 2 rings (SSSR count). The molecule has 1 aromatic rings. The van der Waals surface area contributed by atoms with Crippen LogP contribution in [0.5, 0.6) is 0 Å². The summed E-state index contributed by atoms with van der Waals surface area (Å²) < 4.78 is 0. The fraction of sp³-hybridized carbons (Fsp3) is 0.500. The van der Waals surface area contributed by atoms with Gasteiger partial charge in [-0.1, -0.05) is 6.07 Å². The molecule has 1 aliphatic rings. The summed E-state index contributed by atoms with van der Waals surface area (Å²) in [6.45, 7) is 1.50. The number of carbonyl (C=O) groups is 1. The smallest absolute Gasteiger partial charge is 0.221 e. The lowest BCUT2D eigenvalue weighted by molar-refractivity contribution is -0.114. The average molecular weight is 248 g/mol. The first kappa shape index (κ1) is 12.9. The van der Waals surface area contributed by atoms with Crippen molar-refractivity contribution in [2.45, 2.75) is 44.8 Å². The second kappa shape index (κ2) is 5.87. The van der Waals surface area contributed by atoms with Crippen LogP contribution in [-0.2, 0) is 4.79 Å². The third-order valence-electron chi connectivity index (χ3n) is 3.25. The topological polar surface area (TPSA) is 61.4 Å². The van der Waals surface area contributed by atoms with Crippen molar-refractivity contribution < 1.29 is 9.90 Å². The molecule has 0 heterocycles. The van der Waals surface area contributed by atoms with Crippen molar-refractivity contribution in [3.8, 4) is 0 Å². The van der Waals surface area contributed by atoms with Crippen LogP contribution in [0.2, 0.25) is 0 Å². The van der Waals surface area contributed by atoms with E-state index in [4.69, 9.17) is 0 Å². The van der Waals surface area contributed by atoms with E-state index in [1.807, 2.05) is 24.3 Å². The van der Waals surface area contributed by atoms with Crippen LogP contribution in [0.3, 0.4) is 0 Å². The molecule has 0 radical (unpaired) electrons. The van der Waals surface area contributed by atoms with E-state index in [0.29, 0.717) is 6.04 Å². The first-order chi connectivity index (χ1) is 8.63. The van der Waals surface area contributed by atoms with Crippen molar-refractivity contribution >= 4 is 17.3 Å². The van der Waals surface area contributed by atoms with E-state index in [9.17, 15) is 9.90 Å². The molecule has 0 saturated heterocycles. The molecule has 0 bridgehead atoms. The van der Waals surface area contributed by atoms with E-state index < -0.39 is 0 Å². The Morgan fingerprint density at radius 2 is 1.89 bits per heavy atom. The summed E-state index contributed by atoms with van der Waals surface area (Å²) in [6, 6.07) is 8.15. The standard InChI is InChI=1S/C14H20N2O2/c1-10(17)15-12-3-2-4-13(9-12)16-11-5-7-14(18)8-6-11/h2-4,9,11,14,16,18H,5-8H2,1H3,(H,15,17). The molecular formula is C14H20N2O2. The van der Waals surface area contributed by atoms with Gasteiger partial charge in [-0.3, -0.25) is 4.79 Å². The molecule has 4 heteroatoms. The fourth-order valence-electron chi connectivity index (χ4n) is 2.35. The molecule has 0 unspecified atom stereocenters. The van der Waals surface area contributed by atoms with Gasteiger partial charge in [0.25, 0.3) is 0 Å². The summed E-state index contributed by atoms with van der Waals surface area (Å²) in [4.78, 5) is 11.0. The normalized spacial score (nSPS) is 23.4. The number of anilines is 2. The van der Waals surface area contributed by atoms with Crippen molar-refractivity contribution in [3.63, 3.8) is 0 Å². The number of rotatable bonds is 3. The average Bonchev–Trinajstić information content (AvgIpc) is 2.32. The van der Waals surface area contributed by atoms with E-state index in [0.717, 1.165) is 37.1 Å². The summed E-state index contributed by atoms with van der Waals surface area (Å²) in [5.74, 6) is -0.0621. The minimum absolute atomic E-state index is 0.0621. The van der Waals surface area contributed by atoms with Gasteiger partial charge in [-0.2, -0.15) is 0 Å². The van der Waals surface area contributed by atoms with Crippen LogP contribution < -0.4 is 10.6 Å². The molecule has 1 aliphatic carbocycles. The van der Waals surface area contributed by atoms with Crippen LogP contribution in [-0.4, -0.2) is 23.2 Å². The summed E-state index contributed by atoms with van der Waals surface area (Å²) in [5, 5.41) is 15.7. The third kappa shape index (κ3) is 3.74. The Kier molecular flexibility index (Phi) is 4.20. The molecule has 18 heavy (non-hydrogen) atoms. The van der Waals surface area contributed by atoms with E-state index in [1.165, 1.54) is 6.92 Å². The zero-order valence-electron chi connectivity index (χ0n) is 10.6. The molecule has 0 atom stereocenters. The van der Waals surface area contributed by atoms with Crippen LogP contribution >= 0.6 is 0 Å². The van der Waals surface area contributed by atoms with Gasteiger partial charge in [0.15, 0.2) is 0 Å². The van der Waals surface area contributed by atoms with Gasteiger partial charge in [0.1, 0.15) is 0 Å². The quantitative estimate of drug-likeness (QED) is 0.769. The minimum atomic E-state index is -0.131. The maximum absolute atomic E-state index is 11.0.